The predicted octanol–water partition coefficient (Wildman–Crippen LogP) is 5.34. The first-order chi connectivity index (χ1) is 11.0. The molecule has 0 amide bonds. The van der Waals surface area contributed by atoms with Gasteiger partial charge in [-0.15, -0.1) is 0 Å². The van der Waals surface area contributed by atoms with Crippen molar-refractivity contribution < 1.29 is 4.79 Å². The molecule has 0 saturated carbocycles. The molecule has 4 heteroatoms. The Hall–Kier alpha value is -1.66. The maximum atomic E-state index is 13.4. The molecule has 0 atom stereocenters. The first-order valence-electron chi connectivity index (χ1n) is 7.20. The number of hydrogen-bond donors (Lipinski definition) is 0. The molecule has 0 N–H and O–H groups in total. The van der Waals surface area contributed by atoms with Gasteiger partial charge in [-0.05, 0) is 0 Å². The number of benzene rings is 3. The molecule has 0 aliphatic heterocycles. The van der Waals surface area contributed by atoms with E-state index in [9.17, 15) is 4.79 Å². The molecule has 23 heavy (non-hydrogen) atoms. The Morgan fingerprint density at radius 3 is 1.35 bits per heavy atom. The van der Waals surface area contributed by atoms with Crippen LogP contribution in [0.3, 0.4) is 0 Å². The zero-order chi connectivity index (χ0) is 16.4. The van der Waals surface area contributed by atoms with Crippen LogP contribution in [0.2, 0.25) is 0 Å². The van der Waals surface area contributed by atoms with Crippen LogP contribution < -0.4 is 10.6 Å². The second-order valence-electron chi connectivity index (χ2n) is 5.25. The van der Waals surface area contributed by atoms with Gasteiger partial charge in [-0.1, -0.05) is 0 Å². The summed E-state index contributed by atoms with van der Waals surface area (Å²) < 4.78 is 0. The van der Waals surface area contributed by atoms with Gasteiger partial charge >= 0.3 is 145 Å². The normalized spacial score (nSPS) is 13.0. The summed E-state index contributed by atoms with van der Waals surface area (Å²) in [7, 11) is 0. The number of rotatable bonds is 4. The predicted molar refractivity (Wildman–Crippen MR) is 102 cm³/mol. The fraction of sp³-hybridized carbons (Fsp3) is 0. The fourth-order valence-electron chi connectivity index (χ4n) is 2.57. The van der Waals surface area contributed by atoms with E-state index >= 15 is 0 Å². The molecule has 1 nitrogen and oxygen atoms in total. The average Bonchev–Trinajstić information content (AvgIpc) is 2.63. The standard InChI is InChI=1S/C19H15Cl2OP/c20-23(21,17-12-6-2-7-13-17,18-14-8-3-9-15-18)19(22)16-10-4-1-5-11-16/h1-15H. The Morgan fingerprint density at radius 2 is 0.957 bits per heavy atom. The Morgan fingerprint density at radius 1 is 0.609 bits per heavy atom. The quantitative estimate of drug-likeness (QED) is 0.574. The molecule has 0 aromatic heterocycles. The monoisotopic (exact) mass is 360 g/mol. The first-order valence-corrected chi connectivity index (χ1v) is 11.2. The van der Waals surface area contributed by atoms with Gasteiger partial charge in [0.05, 0.1) is 0 Å². The fourth-order valence-corrected chi connectivity index (χ4v) is 7.27. The van der Waals surface area contributed by atoms with Gasteiger partial charge in [-0.25, -0.2) is 0 Å². The molecule has 0 unspecified atom stereocenters. The van der Waals surface area contributed by atoms with E-state index in [1.165, 1.54) is 0 Å². The van der Waals surface area contributed by atoms with Crippen LogP contribution in [0.15, 0.2) is 91.0 Å². The summed E-state index contributed by atoms with van der Waals surface area (Å²) in [6.07, 6.45) is 0. The van der Waals surface area contributed by atoms with Gasteiger partial charge in [0.25, 0.3) is 0 Å². The minimum absolute atomic E-state index is 0.239. The zero-order valence-electron chi connectivity index (χ0n) is 12.3. The zero-order valence-corrected chi connectivity index (χ0v) is 14.7. The molecule has 3 aromatic rings. The molecule has 0 bridgehead atoms. The third-order valence-electron chi connectivity index (χ3n) is 3.80. The van der Waals surface area contributed by atoms with Gasteiger partial charge in [0.1, 0.15) is 0 Å². The van der Waals surface area contributed by atoms with Crippen LogP contribution in [0.4, 0.5) is 0 Å². The molecule has 0 saturated heterocycles. The molecule has 3 rings (SSSR count). The van der Waals surface area contributed by atoms with Crippen molar-refractivity contribution in [1.29, 1.82) is 0 Å². The van der Waals surface area contributed by atoms with Crippen LogP contribution in [0.1, 0.15) is 10.4 Å². The summed E-state index contributed by atoms with van der Waals surface area (Å²) in [5.41, 5.74) is 0.278. The molecule has 0 spiro atoms. The number of carbonyl (C=O) groups excluding carboxylic acids is 1. The molecule has 0 heterocycles. The van der Waals surface area contributed by atoms with E-state index in [1.807, 2.05) is 78.9 Å². The molecular formula is C19H15Cl2OP. The SMILES string of the molecule is O=C(c1ccccc1)P(Cl)(Cl)(c1ccccc1)c1ccccc1. The van der Waals surface area contributed by atoms with Gasteiger partial charge in [0.15, 0.2) is 0 Å². The van der Waals surface area contributed by atoms with Crippen molar-refractivity contribution >= 4 is 43.9 Å². The molecule has 116 valence electrons. The van der Waals surface area contributed by atoms with Crippen molar-refractivity contribution in [2.24, 2.45) is 0 Å². The van der Waals surface area contributed by atoms with Crippen LogP contribution in [0, 0.1) is 0 Å². The molecule has 0 aliphatic carbocycles. The van der Waals surface area contributed by atoms with Crippen molar-refractivity contribution in [3.8, 4) is 0 Å². The van der Waals surface area contributed by atoms with Crippen LogP contribution >= 0.6 is 27.8 Å². The third-order valence-corrected chi connectivity index (χ3v) is 10.4. The first kappa shape index (κ1) is 16.2. The van der Waals surface area contributed by atoms with Crippen molar-refractivity contribution in [2.45, 2.75) is 0 Å². The van der Waals surface area contributed by atoms with Crippen molar-refractivity contribution in [1.82, 2.24) is 0 Å². The van der Waals surface area contributed by atoms with Gasteiger partial charge in [0, 0.05) is 0 Å². The number of hydrogen-bond acceptors (Lipinski definition) is 1. The summed E-state index contributed by atoms with van der Waals surface area (Å²) in [5, 5.41) is -2.73. The summed E-state index contributed by atoms with van der Waals surface area (Å²) in [6.45, 7) is 0. The van der Waals surface area contributed by atoms with E-state index in [-0.39, 0.29) is 5.52 Å². The summed E-state index contributed by atoms with van der Waals surface area (Å²) in [5.74, 6) is 0. The number of halogens is 2. The molecule has 0 fully saturated rings. The van der Waals surface area contributed by atoms with Gasteiger partial charge in [0.2, 0.25) is 0 Å². The van der Waals surface area contributed by atoms with Gasteiger partial charge in [-0.3, -0.25) is 0 Å². The maximum absolute atomic E-state index is 13.4. The summed E-state index contributed by atoms with van der Waals surface area (Å²) in [6, 6.07) is 27.4. The summed E-state index contributed by atoms with van der Waals surface area (Å²) in [4.78, 5) is 13.4. The Balaban J connectivity index is 2.30. The third kappa shape index (κ3) is 2.70. The van der Waals surface area contributed by atoms with Gasteiger partial charge in [-0.2, -0.15) is 0 Å². The van der Waals surface area contributed by atoms with Crippen LogP contribution in [-0.2, 0) is 0 Å². The Bertz CT molecular complexity index is 774. The second-order valence-corrected chi connectivity index (χ2v) is 13.1. The molecule has 0 radical (unpaired) electrons. The van der Waals surface area contributed by atoms with E-state index in [0.717, 1.165) is 0 Å². The van der Waals surface area contributed by atoms with E-state index < -0.39 is 5.31 Å². The average molecular weight is 361 g/mol. The topological polar surface area (TPSA) is 17.1 Å². The minimum atomic E-state index is -4.04. The van der Waals surface area contributed by atoms with E-state index in [0.29, 0.717) is 16.2 Å². The van der Waals surface area contributed by atoms with Crippen molar-refractivity contribution in [2.75, 3.05) is 0 Å². The molecule has 0 aliphatic rings. The van der Waals surface area contributed by atoms with E-state index in [2.05, 4.69) is 0 Å². The number of carbonyl (C=O) groups is 1. The van der Waals surface area contributed by atoms with E-state index in [4.69, 9.17) is 22.5 Å². The van der Waals surface area contributed by atoms with Gasteiger partial charge < -0.3 is 0 Å². The van der Waals surface area contributed by atoms with Crippen LogP contribution in [-0.4, -0.2) is 5.52 Å². The van der Waals surface area contributed by atoms with E-state index in [1.54, 1.807) is 12.1 Å². The van der Waals surface area contributed by atoms with Crippen molar-refractivity contribution in [3.05, 3.63) is 96.6 Å². The molecule has 3 aromatic carbocycles. The van der Waals surface area contributed by atoms with Crippen LogP contribution in [0.25, 0.3) is 0 Å². The summed E-state index contributed by atoms with van der Waals surface area (Å²) >= 11 is 14.2. The second kappa shape index (κ2) is 6.09. The van der Waals surface area contributed by atoms with Crippen LogP contribution in [0.5, 0.6) is 0 Å². The Labute approximate surface area is 145 Å². The van der Waals surface area contributed by atoms with Crippen molar-refractivity contribution in [3.63, 3.8) is 0 Å². The molecular weight excluding hydrogens is 346 g/mol. The Kier molecular flexibility index (Phi) is 4.29.